The molecule has 1 atom stereocenters. The Labute approximate surface area is 157 Å². The normalized spacial score (nSPS) is 26.1. The van der Waals surface area contributed by atoms with E-state index < -0.39 is 0 Å². The fourth-order valence-corrected chi connectivity index (χ4v) is 3.79. The molecule has 1 aromatic carbocycles. The van der Waals surface area contributed by atoms with Gasteiger partial charge in [0, 0.05) is 12.6 Å². The fraction of sp³-hybridized carbons (Fsp3) is 0.526. The number of benzene rings is 1. The molecule has 1 aliphatic heterocycles. The topological polar surface area (TPSA) is 86.3 Å². The predicted molar refractivity (Wildman–Crippen MR) is 96.5 cm³/mol. The van der Waals surface area contributed by atoms with Crippen molar-refractivity contribution in [2.45, 2.75) is 43.9 Å². The molecular formula is C19H24FN5O2. The Morgan fingerprint density at radius 1 is 1.19 bits per heavy atom. The molecule has 8 heteroatoms. The van der Waals surface area contributed by atoms with Gasteiger partial charge in [0.15, 0.2) is 5.69 Å². The lowest BCUT2D eigenvalue weighted by Crippen LogP contribution is -2.42. The van der Waals surface area contributed by atoms with Crippen LogP contribution < -0.4 is 5.73 Å². The van der Waals surface area contributed by atoms with E-state index in [9.17, 15) is 9.18 Å². The molecule has 4 rings (SSSR count). The van der Waals surface area contributed by atoms with E-state index in [1.807, 2.05) is 0 Å². The van der Waals surface area contributed by atoms with Crippen LogP contribution in [0.5, 0.6) is 0 Å². The highest BCUT2D eigenvalue weighted by molar-refractivity contribution is 5.92. The molecule has 1 aliphatic carbocycles. The first-order valence-electron chi connectivity index (χ1n) is 9.44. The third kappa shape index (κ3) is 4.01. The summed E-state index contributed by atoms with van der Waals surface area (Å²) in [7, 11) is 0. The minimum absolute atomic E-state index is 0.149. The molecule has 0 bridgehead atoms. The number of aromatic nitrogens is 3. The summed E-state index contributed by atoms with van der Waals surface area (Å²) in [5.41, 5.74) is 7.17. The minimum Gasteiger partial charge on any atom is -0.370 e. The second-order valence-electron chi connectivity index (χ2n) is 7.31. The van der Waals surface area contributed by atoms with Crippen LogP contribution in [0.25, 0.3) is 0 Å². The van der Waals surface area contributed by atoms with E-state index in [1.54, 1.807) is 27.9 Å². The largest absolute Gasteiger partial charge is 0.370 e. The van der Waals surface area contributed by atoms with Crippen molar-refractivity contribution in [1.82, 2.24) is 19.9 Å². The highest BCUT2D eigenvalue weighted by Crippen LogP contribution is 2.27. The first kappa shape index (κ1) is 18.1. The number of morpholine rings is 1. The zero-order valence-electron chi connectivity index (χ0n) is 15.1. The van der Waals surface area contributed by atoms with Gasteiger partial charge in [-0.1, -0.05) is 17.3 Å². The van der Waals surface area contributed by atoms with Gasteiger partial charge in [0.2, 0.25) is 0 Å². The molecule has 2 aliphatic rings. The summed E-state index contributed by atoms with van der Waals surface area (Å²) in [6.07, 6.45) is 5.34. The van der Waals surface area contributed by atoms with Crippen molar-refractivity contribution in [2.75, 3.05) is 19.7 Å². The molecular weight excluding hydrogens is 349 g/mol. The standard InChI is InChI=1S/C19H24FN5O2/c20-14-3-1-13(2-4-14)18-12-24(9-10-27-18)19(26)17-11-25(23-22-17)16-7-5-15(21)6-8-16/h1-4,11,15-16,18H,5-10,12,21H2/t15?,16?,18-/m1/s1. The molecule has 27 heavy (non-hydrogen) atoms. The molecule has 144 valence electrons. The number of nitrogens with two attached hydrogens (primary N) is 1. The van der Waals surface area contributed by atoms with Gasteiger partial charge >= 0.3 is 0 Å². The van der Waals surface area contributed by atoms with Crippen molar-refractivity contribution in [3.63, 3.8) is 0 Å². The summed E-state index contributed by atoms with van der Waals surface area (Å²) in [6.45, 7) is 1.35. The molecule has 2 N–H and O–H groups in total. The number of ether oxygens (including phenoxy) is 1. The smallest absolute Gasteiger partial charge is 0.276 e. The molecule has 2 fully saturated rings. The van der Waals surface area contributed by atoms with Gasteiger partial charge in [-0.15, -0.1) is 5.10 Å². The quantitative estimate of drug-likeness (QED) is 0.890. The number of hydrogen-bond acceptors (Lipinski definition) is 5. The van der Waals surface area contributed by atoms with Crippen molar-refractivity contribution in [2.24, 2.45) is 5.73 Å². The molecule has 0 spiro atoms. The molecule has 1 saturated carbocycles. The Kier molecular flexibility index (Phi) is 5.18. The number of amides is 1. The van der Waals surface area contributed by atoms with E-state index >= 15 is 0 Å². The van der Waals surface area contributed by atoms with E-state index in [0.717, 1.165) is 31.2 Å². The molecule has 2 aromatic rings. The first-order chi connectivity index (χ1) is 13.1. The zero-order chi connectivity index (χ0) is 18.8. The Bertz CT molecular complexity index is 786. The third-order valence-electron chi connectivity index (χ3n) is 5.44. The molecule has 0 radical (unpaired) electrons. The number of nitrogens with zero attached hydrogens (tertiary/aromatic N) is 4. The Balaban J connectivity index is 1.42. The van der Waals surface area contributed by atoms with Crippen molar-refractivity contribution >= 4 is 5.91 Å². The SMILES string of the molecule is NC1CCC(n2cc(C(=O)N3CCO[C@@H](c4ccc(F)cc4)C3)nn2)CC1. The summed E-state index contributed by atoms with van der Waals surface area (Å²) in [5.74, 6) is -0.438. The predicted octanol–water partition coefficient (Wildman–Crippen LogP) is 2.07. The minimum atomic E-state index is -0.289. The number of rotatable bonds is 3. The van der Waals surface area contributed by atoms with Gasteiger partial charge in [-0.3, -0.25) is 4.79 Å². The molecule has 2 heterocycles. The Morgan fingerprint density at radius 2 is 1.93 bits per heavy atom. The van der Waals surface area contributed by atoms with Crippen LogP contribution in [0.4, 0.5) is 4.39 Å². The summed E-state index contributed by atoms with van der Waals surface area (Å²) in [6, 6.07) is 6.72. The van der Waals surface area contributed by atoms with Crippen LogP contribution in [0.15, 0.2) is 30.5 Å². The summed E-state index contributed by atoms with van der Waals surface area (Å²) >= 11 is 0. The molecule has 7 nitrogen and oxygen atoms in total. The van der Waals surface area contributed by atoms with Crippen LogP contribution in [0.2, 0.25) is 0 Å². The van der Waals surface area contributed by atoms with Crippen LogP contribution >= 0.6 is 0 Å². The second kappa shape index (κ2) is 7.74. The van der Waals surface area contributed by atoms with Gasteiger partial charge in [-0.05, 0) is 43.4 Å². The lowest BCUT2D eigenvalue weighted by Gasteiger charge is -2.32. The van der Waals surface area contributed by atoms with Crippen LogP contribution in [0.1, 0.15) is 53.9 Å². The van der Waals surface area contributed by atoms with Gasteiger partial charge in [0.05, 0.1) is 25.4 Å². The summed E-state index contributed by atoms with van der Waals surface area (Å²) in [4.78, 5) is 14.6. The Hall–Kier alpha value is -2.32. The van der Waals surface area contributed by atoms with Crippen LogP contribution in [0.3, 0.4) is 0 Å². The van der Waals surface area contributed by atoms with E-state index in [-0.39, 0.29) is 29.9 Å². The number of hydrogen-bond donors (Lipinski definition) is 1. The van der Waals surface area contributed by atoms with Crippen molar-refractivity contribution in [1.29, 1.82) is 0 Å². The summed E-state index contributed by atoms with van der Waals surface area (Å²) < 4.78 is 20.7. The van der Waals surface area contributed by atoms with E-state index in [0.29, 0.717) is 25.4 Å². The second-order valence-corrected chi connectivity index (χ2v) is 7.31. The van der Waals surface area contributed by atoms with Gasteiger partial charge in [-0.25, -0.2) is 9.07 Å². The molecule has 1 amide bonds. The average molecular weight is 373 g/mol. The van der Waals surface area contributed by atoms with Gasteiger partial charge in [-0.2, -0.15) is 0 Å². The fourth-order valence-electron chi connectivity index (χ4n) is 3.79. The van der Waals surface area contributed by atoms with Crippen LogP contribution in [-0.2, 0) is 4.74 Å². The lowest BCUT2D eigenvalue weighted by molar-refractivity contribution is -0.0230. The number of carbonyl (C=O) groups is 1. The maximum absolute atomic E-state index is 13.1. The Morgan fingerprint density at radius 3 is 2.67 bits per heavy atom. The third-order valence-corrected chi connectivity index (χ3v) is 5.44. The highest BCUT2D eigenvalue weighted by Gasteiger charge is 2.29. The van der Waals surface area contributed by atoms with Gasteiger partial charge < -0.3 is 15.4 Å². The van der Waals surface area contributed by atoms with Crippen LogP contribution in [-0.4, -0.2) is 51.5 Å². The average Bonchev–Trinajstić information content (AvgIpc) is 3.19. The first-order valence-corrected chi connectivity index (χ1v) is 9.44. The van der Waals surface area contributed by atoms with Crippen molar-refractivity contribution in [3.05, 3.63) is 47.5 Å². The number of carbonyl (C=O) groups excluding carboxylic acids is 1. The van der Waals surface area contributed by atoms with Gasteiger partial charge in [0.1, 0.15) is 11.9 Å². The molecule has 1 aromatic heterocycles. The monoisotopic (exact) mass is 373 g/mol. The van der Waals surface area contributed by atoms with E-state index in [2.05, 4.69) is 10.3 Å². The van der Waals surface area contributed by atoms with E-state index in [4.69, 9.17) is 10.5 Å². The van der Waals surface area contributed by atoms with Crippen molar-refractivity contribution in [3.8, 4) is 0 Å². The lowest BCUT2D eigenvalue weighted by atomic mass is 9.92. The van der Waals surface area contributed by atoms with Crippen molar-refractivity contribution < 1.29 is 13.9 Å². The molecule has 1 saturated heterocycles. The maximum atomic E-state index is 13.1. The highest BCUT2D eigenvalue weighted by atomic mass is 19.1. The van der Waals surface area contributed by atoms with E-state index in [1.165, 1.54) is 12.1 Å². The van der Waals surface area contributed by atoms with Crippen LogP contribution in [0, 0.1) is 5.82 Å². The zero-order valence-corrected chi connectivity index (χ0v) is 15.1. The maximum Gasteiger partial charge on any atom is 0.276 e. The van der Waals surface area contributed by atoms with Gasteiger partial charge in [0.25, 0.3) is 5.91 Å². The summed E-state index contributed by atoms with van der Waals surface area (Å²) in [5, 5.41) is 8.27. The number of halogens is 1. The molecule has 0 unspecified atom stereocenters.